The van der Waals surface area contributed by atoms with E-state index in [9.17, 15) is 0 Å². The standard InChI is InChI=1S/C10H15N3O2/c1-7-8(10(11)13-6-12-7)2-3-9-14-4-5-15-9/h6,9H,2-5H2,1H3,(H2,11,12,13). The Morgan fingerprint density at radius 2 is 2.13 bits per heavy atom. The molecule has 0 amide bonds. The highest BCUT2D eigenvalue weighted by atomic mass is 16.7. The number of aromatic nitrogens is 2. The van der Waals surface area contributed by atoms with Gasteiger partial charge in [0.25, 0.3) is 0 Å². The molecule has 0 saturated carbocycles. The van der Waals surface area contributed by atoms with E-state index in [2.05, 4.69) is 9.97 Å². The summed E-state index contributed by atoms with van der Waals surface area (Å²) in [6.07, 6.45) is 2.99. The van der Waals surface area contributed by atoms with Gasteiger partial charge in [-0.15, -0.1) is 0 Å². The maximum absolute atomic E-state index is 5.77. The van der Waals surface area contributed by atoms with E-state index in [0.29, 0.717) is 19.0 Å². The van der Waals surface area contributed by atoms with E-state index in [4.69, 9.17) is 15.2 Å². The van der Waals surface area contributed by atoms with E-state index in [1.54, 1.807) is 0 Å². The van der Waals surface area contributed by atoms with E-state index in [-0.39, 0.29) is 6.29 Å². The minimum atomic E-state index is -0.0935. The Kier molecular flexibility index (Phi) is 3.13. The zero-order valence-electron chi connectivity index (χ0n) is 8.77. The van der Waals surface area contributed by atoms with E-state index in [1.165, 1.54) is 6.33 Å². The van der Waals surface area contributed by atoms with Gasteiger partial charge < -0.3 is 15.2 Å². The van der Waals surface area contributed by atoms with Crippen LogP contribution in [-0.2, 0) is 15.9 Å². The molecule has 0 bridgehead atoms. The second-order valence-corrected chi connectivity index (χ2v) is 3.53. The van der Waals surface area contributed by atoms with Crippen LogP contribution in [-0.4, -0.2) is 29.5 Å². The van der Waals surface area contributed by atoms with Crippen molar-refractivity contribution >= 4 is 5.82 Å². The van der Waals surface area contributed by atoms with Gasteiger partial charge in [0.05, 0.1) is 13.2 Å². The first-order valence-corrected chi connectivity index (χ1v) is 5.06. The molecule has 5 heteroatoms. The van der Waals surface area contributed by atoms with Crippen LogP contribution in [0.4, 0.5) is 5.82 Å². The summed E-state index contributed by atoms with van der Waals surface area (Å²) < 4.78 is 10.7. The summed E-state index contributed by atoms with van der Waals surface area (Å²) in [7, 11) is 0. The first-order valence-electron chi connectivity index (χ1n) is 5.06. The number of nitrogen functional groups attached to an aromatic ring is 1. The lowest BCUT2D eigenvalue weighted by Crippen LogP contribution is -2.11. The molecule has 1 aliphatic heterocycles. The molecule has 0 spiro atoms. The number of nitrogens with two attached hydrogens (primary N) is 1. The molecule has 2 N–H and O–H groups in total. The predicted molar refractivity (Wildman–Crippen MR) is 55.2 cm³/mol. The maximum Gasteiger partial charge on any atom is 0.158 e. The Morgan fingerprint density at radius 1 is 1.40 bits per heavy atom. The van der Waals surface area contributed by atoms with Gasteiger partial charge in [0.15, 0.2) is 6.29 Å². The van der Waals surface area contributed by atoms with Crippen molar-refractivity contribution < 1.29 is 9.47 Å². The van der Waals surface area contributed by atoms with Crippen LogP contribution in [0.2, 0.25) is 0 Å². The van der Waals surface area contributed by atoms with Crippen molar-refractivity contribution in [1.29, 1.82) is 0 Å². The fraction of sp³-hybridized carbons (Fsp3) is 0.600. The summed E-state index contributed by atoms with van der Waals surface area (Å²) in [5.74, 6) is 0.556. The lowest BCUT2D eigenvalue weighted by Gasteiger charge is -2.10. The summed E-state index contributed by atoms with van der Waals surface area (Å²) in [5, 5.41) is 0. The van der Waals surface area contributed by atoms with E-state index in [1.807, 2.05) is 6.92 Å². The summed E-state index contributed by atoms with van der Waals surface area (Å²) in [6, 6.07) is 0. The average molecular weight is 209 g/mol. The molecular formula is C10H15N3O2. The molecule has 0 aliphatic carbocycles. The number of anilines is 1. The van der Waals surface area contributed by atoms with Gasteiger partial charge in [-0.2, -0.15) is 0 Å². The highest BCUT2D eigenvalue weighted by molar-refractivity contribution is 5.40. The van der Waals surface area contributed by atoms with Crippen LogP contribution in [0, 0.1) is 6.92 Å². The first kappa shape index (κ1) is 10.3. The topological polar surface area (TPSA) is 70.3 Å². The van der Waals surface area contributed by atoms with Crippen LogP contribution < -0.4 is 5.73 Å². The molecule has 1 aromatic rings. The highest BCUT2D eigenvalue weighted by Crippen LogP contribution is 2.17. The van der Waals surface area contributed by atoms with Gasteiger partial charge in [-0.3, -0.25) is 0 Å². The lowest BCUT2D eigenvalue weighted by atomic mass is 10.1. The summed E-state index contributed by atoms with van der Waals surface area (Å²) in [4.78, 5) is 8.08. The molecule has 15 heavy (non-hydrogen) atoms. The largest absolute Gasteiger partial charge is 0.383 e. The number of ether oxygens (including phenoxy) is 2. The molecule has 82 valence electrons. The number of nitrogens with zero attached hydrogens (tertiary/aromatic N) is 2. The second-order valence-electron chi connectivity index (χ2n) is 3.53. The lowest BCUT2D eigenvalue weighted by molar-refractivity contribution is -0.0462. The molecule has 2 heterocycles. The molecule has 1 aliphatic rings. The van der Waals surface area contributed by atoms with Gasteiger partial charge in [0.1, 0.15) is 12.1 Å². The van der Waals surface area contributed by atoms with E-state index >= 15 is 0 Å². The van der Waals surface area contributed by atoms with Gasteiger partial charge in [0.2, 0.25) is 0 Å². The number of hydrogen-bond acceptors (Lipinski definition) is 5. The zero-order chi connectivity index (χ0) is 10.7. The third-order valence-corrected chi connectivity index (χ3v) is 2.51. The SMILES string of the molecule is Cc1ncnc(N)c1CCC1OCCO1. The van der Waals surface area contributed by atoms with Gasteiger partial charge in [-0.1, -0.05) is 0 Å². The molecular weight excluding hydrogens is 194 g/mol. The molecule has 0 unspecified atom stereocenters. The summed E-state index contributed by atoms with van der Waals surface area (Å²) >= 11 is 0. The van der Waals surface area contributed by atoms with Gasteiger partial charge in [-0.25, -0.2) is 9.97 Å². The molecule has 1 saturated heterocycles. The van der Waals surface area contributed by atoms with Gasteiger partial charge >= 0.3 is 0 Å². The minimum absolute atomic E-state index is 0.0935. The minimum Gasteiger partial charge on any atom is -0.383 e. The fourth-order valence-electron chi connectivity index (χ4n) is 1.66. The third-order valence-electron chi connectivity index (χ3n) is 2.51. The Morgan fingerprint density at radius 3 is 2.80 bits per heavy atom. The molecule has 1 aromatic heterocycles. The monoisotopic (exact) mass is 209 g/mol. The maximum atomic E-state index is 5.77. The van der Waals surface area contributed by atoms with E-state index < -0.39 is 0 Å². The van der Waals surface area contributed by atoms with Crippen molar-refractivity contribution in [2.45, 2.75) is 26.1 Å². The first-order chi connectivity index (χ1) is 7.27. The van der Waals surface area contributed by atoms with Crippen molar-refractivity contribution in [3.63, 3.8) is 0 Å². The molecule has 0 aromatic carbocycles. The van der Waals surface area contributed by atoms with Crippen molar-refractivity contribution in [2.24, 2.45) is 0 Å². The van der Waals surface area contributed by atoms with Crippen LogP contribution in [0.25, 0.3) is 0 Å². The van der Waals surface area contributed by atoms with Crippen LogP contribution in [0.5, 0.6) is 0 Å². The fourth-order valence-corrected chi connectivity index (χ4v) is 1.66. The summed E-state index contributed by atoms with van der Waals surface area (Å²) in [6.45, 7) is 3.30. The van der Waals surface area contributed by atoms with Crippen LogP contribution in [0.1, 0.15) is 17.7 Å². The quantitative estimate of drug-likeness (QED) is 0.792. The molecule has 1 fully saturated rings. The Balaban J connectivity index is 1.97. The van der Waals surface area contributed by atoms with Crippen molar-refractivity contribution in [3.05, 3.63) is 17.6 Å². The molecule has 0 atom stereocenters. The third kappa shape index (κ3) is 2.43. The number of hydrogen-bond donors (Lipinski definition) is 1. The normalized spacial score (nSPS) is 17.1. The predicted octanol–water partition coefficient (Wildman–Crippen LogP) is 0.673. The van der Waals surface area contributed by atoms with Crippen molar-refractivity contribution in [3.8, 4) is 0 Å². The average Bonchev–Trinajstić information content (AvgIpc) is 2.70. The molecule has 5 nitrogen and oxygen atoms in total. The van der Waals surface area contributed by atoms with E-state index in [0.717, 1.165) is 24.1 Å². The number of rotatable bonds is 3. The van der Waals surface area contributed by atoms with Crippen molar-refractivity contribution in [2.75, 3.05) is 18.9 Å². The Bertz CT molecular complexity index is 317. The summed E-state index contributed by atoms with van der Waals surface area (Å²) in [5.41, 5.74) is 7.70. The van der Waals surface area contributed by atoms with Crippen LogP contribution in [0.15, 0.2) is 6.33 Å². The van der Waals surface area contributed by atoms with Crippen molar-refractivity contribution in [1.82, 2.24) is 9.97 Å². The Labute approximate surface area is 88.6 Å². The van der Waals surface area contributed by atoms with Crippen LogP contribution in [0.3, 0.4) is 0 Å². The smallest absolute Gasteiger partial charge is 0.158 e. The highest BCUT2D eigenvalue weighted by Gasteiger charge is 2.17. The molecule has 2 rings (SSSR count). The van der Waals surface area contributed by atoms with Crippen LogP contribution >= 0.6 is 0 Å². The number of aryl methyl sites for hydroxylation is 1. The van der Waals surface area contributed by atoms with Gasteiger partial charge in [-0.05, 0) is 13.3 Å². The molecule has 0 radical (unpaired) electrons. The second kappa shape index (κ2) is 4.55. The zero-order valence-corrected chi connectivity index (χ0v) is 8.77. The van der Waals surface area contributed by atoms with Gasteiger partial charge in [0, 0.05) is 17.7 Å². The Hall–Kier alpha value is -1.20.